The van der Waals surface area contributed by atoms with Crippen LogP contribution < -0.4 is 11.1 Å². The zero-order valence-corrected chi connectivity index (χ0v) is 12.3. The molecule has 1 saturated heterocycles. The molecule has 0 spiro atoms. The van der Waals surface area contributed by atoms with Crippen molar-refractivity contribution in [3.05, 3.63) is 12.0 Å². The van der Waals surface area contributed by atoms with Gasteiger partial charge >= 0.3 is 5.91 Å². The molecule has 5 atom stereocenters. The zero-order valence-electron chi connectivity index (χ0n) is 12.3. The molecule has 0 aliphatic carbocycles. The van der Waals surface area contributed by atoms with E-state index >= 15 is 0 Å². The molecule has 1 aromatic rings. The molecule has 11 nitrogen and oxygen atoms in total. The van der Waals surface area contributed by atoms with Crippen molar-refractivity contribution in [2.45, 2.75) is 37.4 Å². The first-order valence-electron chi connectivity index (χ1n) is 7.09. The number of aliphatic hydroxyl groups excluding tert-OH is 3. The molecule has 7 N–H and O–H groups in total. The summed E-state index contributed by atoms with van der Waals surface area (Å²) in [5, 5.41) is 42.3. The van der Waals surface area contributed by atoms with Crippen LogP contribution in [0.4, 0.5) is 5.82 Å². The highest BCUT2D eigenvalue weighted by Crippen LogP contribution is 2.38. The van der Waals surface area contributed by atoms with Crippen LogP contribution in [-0.2, 0) is 15.4 Å². The summed E-state index contributed by atoms with van der Waals surface area (Å²) in [5.74, 6) is -1.95. The third-order valence-electron chi connectivity index (χ3n) is 3.76. The smallest absolute Gasteiger partial charge is 0.320 e. The molecular weight excluding hydrogens is 310 g/mol. The largest absolute Gasteiger partial charge is 0.394 e. The number of nitrogens with one attached hydrogen (secondary N) is 1. The quantitative estimate of drug-likeness (QED) is 0.324. The summed E-state index contributed by atoms with van der Waals surface area (Å²) < 4.78 is 12.0. The second-order valence-electron chi connectivity index (χ2n) is 5.24. The minimum atomic E-state index is -2.05. The van der Waals surface area contributed by atoms with Gasteiger partial charge in [-0.1, -0.05) is 0 Å². The second kappa shape index (κ2) is 5.70. The van der Waals surface area contributed by atoms with Crippen molar-refractivity contribution >= 4 is 11.8 Å². The first-order chi connectivity index (χ1) is 10.9. The van der Waals surface area contributed by atoms with Crippen molar-refractivity contribution in [3.63, 3.8) is 0 Å². The van der Waals surface area contributed by atoms with E-state index in [0.29, 0.717) is 0 Å². The lowest BCUT2D eigenvalue weighted by Crippen LogP contribution is -2.40. The van der Waals surface area contributed by atoms with Crippen LogP contribution in [0.15, 0.2) is 11.3 Å². The molecule has 1 fully saturated rings. The maximum Gasteiger partial charge on any atom is 0.320 e. The Morgan fingerprint density at radius 3 is 2.83 bits per heavy atom. The molecule has 1 unspecified atom stereocenters. The number of aliphatic imine (C=N–C) groups is 1. The molecule has 0 saturated carbocycles. The number of aromatic nitrogens is 2. The highest BCUT2D eigenvalue weighted by Gasteiger charge is 2.47. The summed E-state index contributed by atoms with van der Waals surface area (Å²) in [6.07, 6.45) is -3.23. The van der Waals surface area contributed by atoms with E-state index in [4.69, 9.17) is 20.3 Å². The summed E-state index contributed by atoms with van der Waals surface area (Å²) in [6, 6.07) is 0. The Hall–Kier alpha value is -1.76. The van der Waals surface area contributed by atoms with E-state index in [2.05, 4.69) is 15.3 Å². The van der Waals surface area contributed by atoms with E-state index in [-0.39, 0.29) is 24.1 Å². The standard InChI is InChI=1S/C12H19N5O6/c1-2-22-12(21)8-9(15-11(13)16-12)17(4-14-8)10-7(20)6(19)5(3-18)23-10/h4-7,10,18-21H,2-3H2,1H3,(H3,13,15,16)/t5-,6-,7-,10-,12?/m1/s1. The maximum absolute atomic E-state index is 10.5. The molecule has 2 aliphatic rings. The average Bonchev–Trinajstić information content (AvgIpc) is 3.02. The zero-order chi connectivity index (χ0) is 16.8. The fraction of sp³-hybridized carbons (Fsp3) is 0.667. The number of anilines is 1. The average molecular weight is 329 g/mol. The molecule has 2 aliphatic heterocycles. The van der Waals surface area contributed by atoms with Gasteiger partial charge in [0.05, 0.1) is 12.9 Å². The van der Waals surface area contributed by atoms with Gasteiger partial charge in [-0.2, -0.15) is 4.99 Å². The number of imidazole rings is 1. The van der Waals surface area contributed by atoms with Crippen molar-refractivity contribution in [2.24, 2.45) is 10.7 Å². The number of rotatable bonds is 4. The Morgan fingerprint density at radius 1 is 1.48 bits per heavy atom. The normalized spacial score (nSPS) is 36.5. The van der Waals surface area contributed by atoms with Gasteiger partial charge in [-0.05, 0) is 6.92 Å². The third kappa shape index (κ3) is 2.47. The molecule has 0 amide bonds. The first-order valence-corrected chi connectivity index (χ1v) is 7.09. The van der Waals surface area contributed by atoms with Gasteiger partial charge in [0.1, 0.15) is 24.1 Å². The van der Waals surface area contributed by atoms with Gasteiger partial charge in [-0.3, -0.25) is 4.57 Å². The Bertz CT molecular complexity index is 621. The molecule has 1 aromatic heterocycles. The second-order valence-corrected chi connectivity index (χ2v) is 5.24. The van der Waals surface area contributed by atoms with Crippen LogP contribution in [0.25, 0.3) is 0 Å². The van der Waals surface area contributed by atoms with E-state index in [1.54, 1.807) is 6.92 Å². The number of ether oxygens (including phenoxy) is 2. The molecule has 11 heteroatoms. The third-order valence-corrected chi connectivity index (χ3v) is 3.76. The number of nitrogens with zero attached hydrogens (tertiary/aromatic N) is 3. The van der Waals surface area contributed by atoms with Crippen LogP contribution in [0, 0.1) is 0 Å². The van der Waals surface area contributed by atoms with E-state index < -0.39 is 37.1 Å². The molecular formula is C12H19N5O6. The van der Waals surface area contributed by atoms with Crippen LogP contribution >= 0.6 is 0 Å². The Morgan fingerprint density at radius 2 is 2.22 bits per heavy atom. The number of hydrogen-bond donors (Lipinski definition) is 6. The van der Waals surface area contributed by atoms with E-state index in [9.17, 15) is 15.3 Å². The van der Waals surface area contributed by atoms with Gasteiger partial charge in [-0.15, -0.1) is 0 Å². The first kappa shape index (κ1) is 16.1. The number of guanidine groups is 1. The SMILES string of the molecule is CCOC1(O)N=C(N)Nc2c1ncn2[C@@H]1O[C@H](CO)[C@@H](O)[C@H]1O. The summed E-state index contributed by atoms with van der Waals surface area (Å²) in [4.78, 5) is 7.84. The minimum absolute atomic E-state index is 0.0475. The van der Waals surface area contributed by atoms with Crippen LogP contribution in [0.5, 0.6) is 0 Å². The van der Waals surface area contributed by atoms with E-state index in [0.717, 1.165) is 0 Å². The maximum atomic E-state index is 10.5. The molecule has 3 rings (SSSR count). The lowest BCUT2D eigenvalue weighted by Gasteiger charge is -2.28. The summed E-state index contributed by atoms with van der Waals surface area (Å²) in [6.45, 7) is 1.38. The van der Waals surface area contributed by atoms with Crippen LogP contribution in [0.1, 0.15) is 18.8 Å². The van der Waals surface area contributed by atoms with Gasteiger partial charge < -0.3 is 41.0 Å². The highest BCUT2D eigenvalue weighted by atomic mass is 16.6. The summed E-state index contributed by atoms with van der Waals surface area (Å²) in [7, 11) is 0. The van der Waals surface area contributed by atoms with Crippen LogP contribution in [0.3, 0.4) is 0 Å². The van der Waals surface area contributed by atoms with Gasteiger partial charge in [0.2, 0.25) is 0 Å². The number of aliphatic hydroxyl groups is 4. The molecule has 0 aromatic carbocycles. The molecule has 0 bridgehead atoms. The Kier molecular flexibility index (Phi) is 4.00. The van der Waals surface area contributed by atoms with Crippen LogP contribution in [-0.4, -0.2) is 67.5 Å². The predicted molar refractivity (Wildman–Crippen MR) is 76.0 cm³/mol. The van der Waals surface area contributed by atoms with Crippen molar-refractivity contribution in [1.29, 1.82) is 0 Å². The topological polar surface area (TPSA) is 168 Å². The van der Waals surface area contributed by atoms with Crippen molar-refractivity contribution in [1.82, 2.24) is 9.55 Å². The number of nitrogens with two attached hydrogens (primary N) is 1. The summed E-state index contributed by atoms with van der Waals surface area (Å²) >= 11 is 0. The van der Waals surface area contributed by atoms with Crippen molar-refractivity contribution < 1.29 is 29.9 Å². The highest BCUT2D eigenvalue weighted by molar-refractivity contribution is 5.94. The minimum Gasteiger partial charge on any atom is -0.394 e. The van der Waals surface area contributed by atoms with Gasteiger partial charge in [0.15, 0.2) is 17.9 Å². The lowest BCUT2D eigenvalue weighted by atomic mass is 10.1. The molecule has 23 heavy (non-hydrogen) atoms. The number of hydrogen-bond acceptors (Lipinski definition) is 10. The lowest BCUT2D eigenvalue weighted by molar-refractivity contribution is -0.205. The summed E-state index contributed by atoms with van der Waals surface area (Å²) in [5.41, 5.74) is 5.71. The van der Waals surface area contributed by atoms with Crippen molar-refractivity contribution in [2.75, 3.05) is 18.5 Å². The fourth-order valence-electron chi connectivity index (χ4n) is 2.69. The van der Waals surface area contributed by atoms with E-state index in [1.165, 1.54) is 10.9 Å². The van der Waals surface area contributed by atoms with Crippen molar-refractivity contribution in [3.8, 4) is 0 Å². The van der Waals surface area contributed by atoms with Crippen LogP contribution in [0.2, 0.25) is 0 Å². The van der Waals surface area contributed by atoms with Gasteiger partial charge in [0, 0.05) is 6.61 Å². The Labute approximate surface area is 131 Å². The van der Waals surface area contributed by atoms with Gasteiger partial charge in [0.25, 0.3) is 0 Å². The molecule has 0 radical (unpaired) electrons. The monoisotopic (exact) mass is 329 g/mol. The number of fused-ring (bicyclic) bond motifs is 1. The molecule has 128 valence electrons. The van der Waals surface area contributed by atoms with E-state index in [1.807, 2.05) is 0 Å². The Balaban J connectivity index is 1.98. The predicted octanol–water partition coefficient (Wildman–Crippen LogP) is -2.63. The van der Waals surface area contributed by atoms with Gasteiger partial charge in [-0.25, -0.2) is 4.98 Å². The molecule has 3 heterocycles. The fourth-order valence-corrected chi connectivity index (χ4v) is 2.69.